The SMILES string of the molecule is CC(c1ccc(B2OC(C)(C)C(C)(C)O2)cc1)N1CCC(CC(C)(C)O)(C(C)C)OC1=O. The van der Waals surface area contributed by atoms with Crippen molar-refractivity contribution < 1.29 is 23.9 Å². The number of amides is 1. The summed E-state index contributed by atoms with van der Waals surface area (Å²) in [6.07, 6.45) is 0.794. The lowest BCUT2D eigenvalue weighted by atomic mass is 9.77. The highest BCUT2D eigenvalue weighted by atomic mass is 16.7. The molecule has 6 nitrogen and oxygen atoms in total. The highest BCUT2D eigenvalue weighted by Gasteiger charge is 2.52. The highest BCUT2D eigenvalue weighted by Crippen LogP contribution is 2.40. The Labute approximate surface area is 193 Å². The monoisotopic (exact) mass is 445 g/mol. The molecule has 7 heteroatoms. The van der Waals surface area contributed by atoms with Crippen LogP contribution in [-0.2, 0) is 14.0 Å². The summed E-state index contributed by atoms with van der Waals surface area (Å²) in [5.74, 6) is 0.120. The van der Waals surface area contributed by atoms with Gasteiger partial charge in [0, 0.05) is 19.4 Å². The quantitative estimate of drug-likeness (QED) is 0.656. The second-order valence-electron chi connectivity index (χ2n) is 11.5. The second-order valence-corrected chi connectivity index (χ2v) is 11.5. The summed E-state index contributed by atoms with van der Waals surface area (Å²) < 4.78 is 18.3. The number of carbonyl (C=O) groups is 1. The number of carbonyl (C=O) groups excluding carboxylic acids is 1. The van der Waals surface area contributed by atoms with Crippen LogP contribution in [0.4, 0.5) is 4.79 Å². The lowest BCUT2D eigenvalue weighted by Gasteiger charge is -2.47. The molecule has 1 amide bonds. The number of hydrogen-bond acceptors (Lipinski definition) is 5. The largest absolute Gasteiger partial charge is 0.494 e. The van der Waals surface area contributed by atoms with Gasteiger partial charge < -0.3 is 24.1 Å². The number of hydrogen-bond donors (Lipinski definition) is 1. The standard InChI is InChI=1S/C25H40BNO5/c1-17(2)25(16-22(4,5)29)14-15-27(21(28)30-25)18(3)19-10-12-20(13-11-19)26-31-23(6,7)24(8,9)32-26/h10-13,17-18,29H,14-16H2,1-9H3. The highest BCUT2D eigenvalue weighted by molar-refractivity contribution is 6.62. The third-order valence-electron chi connectivity index (χ3n) is 7.50. The van der Waals surface area contributed by atoms with Crippen molar-refractivity contribution in [3.63, 3.8) is 0 Å². The maximum Gasteiger partial charge on any atom is 0.494 e. The summed E-state index contributed by atoms with van der Waals surface area (Å²) in [7, 11) is -0.405. The second kappa shape index (κ2) is 8.34. The molecule has 178 valence electrons. The summed E-state index contributed by atoms with van der Waals surface area (Å²) >= 11 is 0. The Kier molecular flexibility index (Phi) is 6.53. The molecule has 2 aliphatic heterocycles. The molecule has 0 aliphatic carbocycles. The van der Waals surface area contributed by atoms with E-state index in [0.29, 0.717) is 19.4 Å². The summed E-state index contributed by atoms with van der Waals surface area (Å²) in [6, 6.07) is 7.95. The number of nitrogens with zero attached hydrogens (tertiary/aromatic N) is 1. The summed E-state index contributed by atoms with van der Waals surface area (Å²) in [5.41, 5.74) is -0.319. The van der Waals surface area contributed by atoms with Crippen LogP contribution in [-0.4, -0.2) is 52.2 Å². The third-order valence-corrected chi connectivity index (χ3v) is 7.50. The Hall–Kier alpha value is -1.57. The van der Waals surface area contributed by atoms with Crippen LogP contribution >= 0.6 is 0 Å². The van der Waals surface area contributed by atoms with Crippen LogP contribution in [0.1, 0.15) is 86.8 Å². The lowest BCUT2D eigenvalue weighted by Crippen LogP contribution is -2.55. The van der Waals surface area contributed by atoms with Crippen molar-refractivity contribution >= 4 is 18.7 Å². The third kappa shape index (κ3) is 4.85. The molecule has 1 aromatic rings. The lowest BCUT2D eigenvalue weighted by molar-refractivity contribution is -0.119. The van der Waals surface area contributed by atoms with Crippen LogP contribution in [0, 0.1) is 5.92 Å². The predicted octanol–water partition coefficient (Wildman–Crippen LogP) is 4.44. The maximum absolute atomic E-state index is 13.0. The van der Waals surface area contributed by atoms with E-state index in [1.807, 2.05) is 72.7 Å². The minimum Gasteiger partial charge on any atom is -0.442 e. The van der Waals surface area contributed by atoms with Gasteiger partial charge in [-0.25, -0.2) is 4.79 Å². The zero-order valence-corrected chi connectivity index (χ0v) is 21.2. The van der Waals surface area contributed by atoms with Gasteiger partial charge in [0.15, 0.2) is 0 Å². The van der Waals surface area contributed by atoms with Gasteiger partial charge in [0.05, 0.1) is 22.8 Å². The maximum atomic E-state index is 13.0. The van der Waals surface area contributed by atoms with Crippen molar-refractivity contribution in [1.29, 1.82) is 0 Å². The molecule has 0 spiro atoms. The van der Waals surface area contributed by atoms with Crippen molar-refractivity contribution in [2.24, 2.45) is 5.92 Å². The summed E-state index contributed by atoms with van der Waals surface area (Å²) in [5, 5.41) is 10.4. The van der Waals surface area contributed by atoms with E-state index in [1.54, 1.807) is 18.7 Å². The van der Waals surface area contributed by atoms with Crippen LogP contribution in [0.25, 0.3) is 0 Å². The minimum absolute atomic E-state index is 0.120. The Morgan fingerprint density at radius 2 is 1.59 bits per heavy atom. The molecule has 2 saturated heterocycles. The molecule has 2 fully saturated rings. The molecule has 2 atom stereocenters. The van der Waals surface area contributed by atoms with Gasteiger partial charge in [0.1, 0.15) is 5.60 Å². The smallest absolute Gasteiger partial charge is 0.442 e. The van der Waals surface area contributed by atoms with Gasteiger partial charge in [-0.1, -0.05) is 38.1 Å². The van der Waals surface area contributed by atoms with Gasteiger partial charge in [-0.15, -0.1) is 0 Å². The molecule has 1 N–H and O–H groups in total. The predicted molar refractivity (Wildman–Crippen MR) is 127 cm³/mol. The number of ether oxygens (including phenoxy) is 1. The first kappa shape index (κ1) is 25.1. The van der Waals surface area contributed by atoms with Crippen LogP contribution < -0.4 is 5.46 Å². The molecule has 0 radical (unpaired) electrons. The molecule has 3 rings (SSSR count). The van der Waals surface area contributed by atoms with Crippen LogP contribution in [0.2, 0.25) is 0 Å². The van der Waals surface area contributed by atoms with Crippen molar-refractivity contribution in [1.82, 2.24) is 4.90 Å². The van der Waals surface area contributed by atoms with Crippen LogP contribution in [0.15, 0.2) is 24.3 Å². The topological polar surface area (TPSA) is 68.2 Å². The normalized spacial score (nSPS) is 26.4. The fraction of sp³-hybridized carbons (Fsp3) is 0.720. The summed E-state index contributed by atoms with van der Waals surface area (Å²) in [6.45, 7) is 18.4. The molecule has 2 heterocycles. The van der Waals surface area contributed by atoms with Crippen molar-refractivity contribution in [3.8, 4) is 0 Å². The van der Waals surface area contributed by atoms with Gasteiger partial charge in [0.2, 0.25) is 0 Å². The molecule has 0 bridgehead atoms. The Balaban J connectivity index is 1.71. The van der Waals surface area contributed by atoms with E-state index >= 15 is 0 Å². The molecular weight excluding hydrogens is 405 g/mol. The van der Waals surface area contributed by atoms with E-state index in [0.717, 1.165) is 11.0 Å². The average molecular weight is 445 g/mol. The van der Waals surface area contributed by atoms with E-state index in [-0.39, 0.29) is 29.3 Å². The molecule has 2 aliphatic rings. The number of rotatable bonds is 6. The first-order valence-electron chi connectivity index (χ1n) is 11.7. The zero-order valence-electron chi connectivity index (χ0n) is 21.2. The first-order chi connectivity index (χ1) is 14.6. The fourth-order valence-corrected chi connectivity index (χ4v) is 4.59. The van der Waals surface area contributed by atoms with E-state index in [4.69, 9.17) is 14.0 Å². The molecule has 0 aromatic heterocycles. The first-order valence-corrected chi connectivity index (χ1v) is 11.7. The molecule has 2 unspecified atom stereocenters. The van der Waals surface area contributed by atoms with Crippen LogP contribution in [0.5, 0.6) is 0 Å². The zero-order chi connectivity index (χ0) is 24.1. The number of cyclic esters (lactones) is 1. The molecule has 0 saturated carbocycles. The fourth-order valence-electron chi connectivity index (χ4n) is 4.59. The van der Waals surface area contributed by atoms with Gasteiger partial charge in [-0.05, 0) is 65.4 Å². The number of aliphatic hydroxyl groups is 1. The van der Waals surface area contributed by atoms with Gasteiger partial charge in [-0.2, -0.15) is 0 Å². The van der Waals surface area contributed by atoms with E-state index in [2.05, 4.69) is 0 Å². The van der Waals surface area contributed by atoms with Gasteiger partial charge in [-0.3, -0.25) is 0 Å². The van der Waals surface area contributed by atoms with E-state index in [1.165, 1.54) is 0 Å². The van der Waals surface area contributed by atoms with Crippen molar-refractivity contribution in [2.75, 3.05) is 6.54 Å². The van der Waals surface area contributed by atoms with Crippen molar-refractivity contribution in [3.05, 3.63) is 29.8 Å². The molecule has 1 aromatic carbocycles. The molecule has 32 heavy (non-hydrogen) atoms. The Bertz CT molecular complexity index is 814. The van der Waals surface area contributed by atoms with Gasteiger partial charge >= 0.3 is 13.2 Å². The van der Waals surface area contributed by atoms with Gasteiger partial charge in [0.25, 0.3) is 0 Å². The van der Waals surface area contributed by atoms with E-state index in [9.17, 15) is 9.90 Å². The minimum atomic E-state index is -0.901. The Morgan fingerprint density at radius 3 is 2.03 bits per heavy atom. The van der Waals surface area contributed by atoms with E-state index < -0.39 is 18.3 Å². The molecular formula is C25H40BNO5. The van der Waals surface area contributed by atoms with Crippen LogP contribution in [0.3, 0.4) is 0 Å². The van der Waals surface area contributed by atoms with Crippen molar-refractivity contribution in [2.45, 2.75) is 104 Å². The summed E-state index contributed by atoms with van der Waals surface area (Å²) in [4.78, 5) is 14.8. The Morgan fingerprint density at radius 1 is 1.06 bits per heavy atom. The number of benzene rings is 1. The average Bonchev–Trinajstić information content (AvgIpc) is 2.87.